The lowest BCUT2D eigenvalue weighted by molar-refractivity contribution is -0.124. The number of hydrazine groups is 1. The number of rotatable bonds is 7. The molecule has 1 saturated carbocycles. The van der Waals surface area contributed by atoms with Crippen molar-refractivity contribution in [3.8, 4) is 11.1 Å². The van der Waals surface area contributed by atoms with Crippen molar-refractivity contribution in [1.29, 1.82) is 0 Å². The lowest BCUT2D eigenvalue weighted by Gasteiger charge is -2.16. The van der Waals surface area contributed by atoms with Gasteiger partial charge < -0.3 is 15.6 Å². The second-order valence-electron chi connectivity index (χ2n) is 7.63. The number of nitrogens with zero attached hydrogens (tertiary/aromatic N) is 2. The molecule has 29 heavy (non-hydrogen) atoms. The van der Waals surface area contributed by atoms with Crippen LogP contribution in [0.3, 0.4) is 0 Å². The molecule has 1 heterocycles. The summed E-state index contributed by atoms with van der Waals surface area (Å²) in [6.07, 6.45) is 2.50. The van der Waals surface area contributed by atoms with Crippen molar-refractivity contribution in [3.05, 3.63) is 47.8 Å². The largest absolute Gasteiger partial charge is 0.383 e. The molecule has 0 atom stereocenters. The lowest BCUT2D eigenvalue weighted by Crippen LogP contribution is -2.29. The highest BCUT2D eigenvalue weighted by molar-refractivity contribution is 6.01. The third-order valence-electron chi connectivity index (χ3n) is 5.43. The van der Waals surface area contributed by atoms with Crippen LogP contribution >= 0.6 is 0 Å². The molecule has 2 fully saturated rings. The molecule has 0 aromatic heterocycles. The van der Waals surface area contributed by atoms with Crippen LogP contribution in [0.2, 0.25) is 0 Å². The number of halogens is 1. The third-order valence-corrected chi connectivity index (χ3v) is 5.43. The van der Waals surface area contributed by atoms with Crippen LogP contribution in [0.25, 0.3) is 11.1 Å². The molecule has 2 aromatic carbocycles. The van der Waals surface area contributed by atoms with Crippen molar-refractivity contribution < 1.29 is 14.0 Å². The Morgan fingerprint density at radius 3 is 2.55 bits per heavy atom. The standard InChI is InChI=1S/C21H24FN5O2/c1-26-20(28)12-27(21(26)29)11-14-4-6-16(17(22)8-14)15-5-7-18(19(9-15)25-23)24-10-13-2-3-13/h4-9,13,24-25H,2-3,10-12,23H2,1H3. The Bertz CT molecular complexity index is 960. The molecule has 7 nitrogen and oxygen atoms in total. The molecule has 4 rings (SSSR count). The molecule has 2 aromatic rings. The summed E-state index contributed by atoms with van der Waals surface area (Å²) in [7, 11) is 1.45. The fourth-order valence-corrected chi connectivity index (χ4v) is 3.45. The van der Waals surface area contributed by atoms with Gasteiger partial charge in [-0.25, -0.2) is 9.18 Å². The Morgan fingerprint density at radius 1 is 1.14 bits per heavy atom. The lowest BCUT2D eigenvalue weighted by atomic mass is 10.0. The van der Waals surface area contributed by atoms with Crippen LogP contribution in [0.4, 0.5) is 20.6 Å². The zero-order valence-electron chi connectivity index (χ0n) is 16.2. The quantitative estimate of drug-likeness (QED) is 0.380. The van der Waals surface area contributed by atoms with Gasteiger partial charge in [0.2, 0.25) is 5.91 Å². The molecular weight excluding hydrogens is 373 g/mol. The number of carbonyl (C=O) groups excluding carboxylic acids is 2. The van der Waals surface area contributed by atoms with E-state index in [4.69, 9.17) is 5.84 Å². The molecule has 1 aliphatic heterocycles. The van der Waals surface area contributed by atoms with Crippen molar-refractivity contribution in [2.75, 3.05) is 30.9 Å². The van der Waals surface area contributed by atoms with Gasteiger partial charge >= 0.3 is 6.03 Å². The monoisotopic (exact) mass is 397 g/mol. The number of nitrogen functional groups attached to an aromatic ring is 1. The third kappa shape index (κ3) is 4.02. The maximum atomic E-state index is 14.8. The first-order valence-corrected chi connectivity index (χ1v) is 9.65. The molecule has 3 amide bonds. The smallest absolute Gasteiger partial charge is 0.327 e. The van der Waals surface area contributed by atoms with E-state index in [0.717, 1.165) is 23.0 Å². The molecule has 1 saturated heterocycles. The number of nitrogens with two attached hydrogens (primary N) is 1. The number of nitrogens with one attached hydrogen (secondary N) is 2. The van der Waals surface area contributed by atoms with Crippen molar-refractivity contribution >= 4 is 23.3 Å². The Morgan fingerprint density at radius 2 is 1.93 bits per heavy atom. The number of likely N-dealkylation sites (N-methyl/N-ethyl adjacent to an activating group) is 1. The van der Waals surface area contributed by atoms with Crippen LogP contribution in [-0.2, 0) is 11.3 Å². The number of amides is 3. The van der Waals surface area contributed by atoms with Crippen LogP contribution in [0, 0.1) is 11.7 Å². The SMILES string of the molecule is CN1C(=O)CN(Cc2ccc(-c3ccc(NCC4CC4)c(NN)c3)c(F)c2)C1=O. The van der Waals surface area contributed by atoms with E-state index < -0.39 is 5.82 Å². The average molecular weight is 397 g/mol. The van der Waals surface area contributed by atoms with Crippen LogP contribution in [0.1, 0.15) is 18.4 Å². The summed E-state index contributed by atoms with van der Waals surface area (Å²) in [4.78, 5) is 26.1. The van der Waals surface area contributed by atoms with E-state index in [-0.39, 0.29) is 25.0 Å². The van der Waals surface area contributed by atoms with Crippen LogP contribution in [-0.4, -0.2) is 41.9 Å². The van der Waals surface area contributed by atoms with Gasteiger partial charge in [-0.05, 0) is 48.1 Å². The minimum absolute atomic E-state index is 0.0134. The number of urea groups is 1. The molecule has 0 radical (unpaired) electrons. The van der Waals surface area contributed by atoms with E-state index in [1.165, 1.54) is 30.9 Å². The van der Waals surface area contributed by atoms with Gasteiger partial charge in [0.15, 0.2) is 0 Å². The number of anilines is 2. The van der Waals surface area contributed by atoms with Crippen molar-refractivity contribution in [2.45, 2.75) is 19.4 Å². The highest BCUT2D eigenvalue weighted by Crippen LogP contribution is 2.33. The predicted molar refractivity (Wildman–Crippen MR) is 109 cm³/mol. The molecule has 1 aliphatic carbocycles. The summed E-state index contributed by atoms with van der Waals surface area (Å²) >= 11 is 0. The fourth-order valence-electron chi connectivity index (χ4n) is 3.45. The number of hydrogen-bond donors (Lipinski definition) is 3. The molecule has 152 valence electrons. The number of benzene rings is 2. The van der Waals surface area contributed by atoms with Gasteiger partial charge in [-0.1, -0.05) is 18.2 Å². The zero-order valence-corrected chi connectivity index (χ0v) is 16.2. The van der Waals surface area contributed by atoms with Crippen LogP contribution in [0.15, 0.2) is 36.4 Å². The summed E-state index contributed by atoms with van der Waals surface area (Å²) in [5.41, 5.74) is 6.04. The van der Waals surface area contributed by atoms with E-state index >= 15 is 0 Å². The topological polar surface area (TPSA) is 90.7 Å². The van der Waals surface area contributed by atoms with Crippen LogP contribution < -0.4 is 16.6 Å². The van der Waals surface area contributed by atoms with Crippen molar-refractivity contribution in [1.82, 2.24) is 9.80 Å². The normalized spacial score (nSPS) is 16.5. The summed E-state index contributed by atoms with van der Waals surface area (Å²) < 4.78 is 14.8. The van der Waals surface area contributed by atoms with E-state index in [0.29, 0.717) is 22.4 Å². The molecule has 0 bridgehead atoms. The van der Waals surface area contributed by atoms with Gasteiger partial charge in [-0.3, -0.25) is 15.5 Å². The van der Waals surface area contributed by atoms with Gasteiger partial charge in [0, 0.05) is 25.7 Å². The molecule has 4 N–H and O–H groups in total. The molecule has 8 heteroatoms. The maximum absolute atomic E-state index is 14.8. The van der Waals surface area contributed by atoms with Gasteiger partial charge in [0.1, 0.15) is 12.4 Å². The van der Waals surface area contributed by atoms with Gasteiger partial charge in [-0.2, -0.15) is 0 Å². The maximum Gasteiger partial charge on any atom is 0.327 e. The number of hydrogen-bond acceptors (Lipinski definition) is 5. The van der Waals surface area contributed by atoms with Gasteiger partial charge in [-0.15, -0.1) is 0 Å². The summed E-state index contributed by atoms with van der Waals surface area (Å²) in [6, 6.07) is 10.0. The Balaban J connectivity index is 1.51. The van der Waals surface area contributed by atoms with Crippen LogP contribution in [0.5, 0.6) is 0 Å². The second kappa shape index (κ2) is 7.71. The molecular formula is C21H24FN5O2. The van der Waals surface area contributed by atoms with E-state index in [2.05, 4.69) is 10.7 Å². The second-order valence-corrected chi connectivity index (χ2v) is 7.63. The number of imide groups is 1. The van der Waals surface area contributed by atoms with E-state index in [1.807, 2.05) is 18.2 Å². The molecule has 0 spiro atoms. The molecule has 0 unspecified atom stereocenters. The van der Waals surface area contributed by atoms with Gasteiger partial charge in [0.25, 0.3) is 0 Å². The zero-order chi connectivity index (χ0) is 20.5. The fraction of sp³-hybridized carbons (Fsp3) is 0.333. The highest BCUT2D eigenvalue weighted by atomic mass is 19.1. The minimum Gasteiger partial charge on any atom is -0.383 e. The minimum atomic E-state index is -0.393. The summed E-state index contributed by atoms with van der Waals surface area (Å²) in [5, 5.41) is 3.37. The Hall–Kier alpha value is -3.13. The van der Waals surface area contributed by atoms with E-state index in [1.54, 1.807) is 12.1 Å². The summed E-state index contributed by atoms with van der Waals surface area (Å²) in [5.74, 6) is 5.73. The first kappa shape index (κ1) is 19.2. The first-order chi connectivity index (χ1) is 14.0. The summed E-state index contributed by atoms with van der Waals surface area (Å²) in [6.45, 7) is 1.11. The Labute approximate surface area is 168 Å². The predicted octanol–water partition coefficient (Wildman–Crippen LogP) is 2.99. The first-order valence-electron chi connectivity index (χ1n) is 9.65. The van der Waals surface area contributed by atoms with Crippen molar-refractivity contribution in [2.24, 2.45) is 11.8 Å². The highest BCUT2D eigenvalue weighted by Gasteiger charge is 2.32. The number of carbonyl (C=O) groups is 2. The Kier molecular flexibility index (Phi) is 5.10. The van der Waals surface area contributed by atoms with Crippen molar-refractivity contribution in [3.63, 3.8) is 0 Å². The average Bonchev–Trinajstić information content (AvgIpc) is 3.51. The van der Waals surface area contributed by atoms with E-state index in [9.17, 15) is 14.0 Å². The van der Waals surface area contributed by atoms with Gasteiger partial charge in [0.05, 0.1) is 11.4 Å². The molecule has 2 aliphatic rings.